The molecule has 4 heterocycles. The number of carbonyl (C=O) groups excluding carboxylic acids is 2. The lowest BCUT2D eigenvalue weighted by atomic mass is 10.1. The van der Waals surface area contributed by atoms with Gasteiger partial charge in [-0.3, -0.25) is 14.5 Å². The van der Waals surface area contributed by atoms with Crippen LogP contribution in [0.3, 0.4) is 0 Å². The number of aromatic nitrogens is 3. The minimum atomic E-state index is -0.372. The summed E-state index contributed by atoms with van der Waals surface area (Å²) in [6.45, 7) is 2.70. The number of pyridine rings is 2. The van der Waals surface area contributed by atoms with Gasteiger partial charge in [0.2, 0.25) is 11.8 Å². The van der Waals surface area contributed by atoms with Crippen molar-refractivity contribution in [3.63, 3.8) is 0 Å². The molecule has 132 valence electrons. The lowest BCUT2D eigenvalue weighted by Gasteiger charge is -2.15. The maximum Gasteiger partial charge on any atom is 0.229 e. The van der Waals surface area contributed by atoms with Crippen molar-refractivity contribution in [2.45, 2.75) is 19.9 Å². The maximum atomic E-state index is 12.5. The number of hydrogen-bond donors (Lipinski definition) is 1. The number of aryl methyl sites for hydroxylation is 1. The molecule has 1 aliphatic heterocycles. The van der Waals surface area contributed by atoms with Crippen LogP contribution in [0.15, 0.2) is 48.8 Å². The van der Waals surface area contributed by atoms with E-state index in [1.54, 1.807) is 23.2 Å². The Balaban J connectivity index is 1.40. The lowest BCUT2D eigenvalue weighted by Crippen LogP contribution is -2.32. The van der Waals surface area contributed by atoms with Gasteiger partial charge in [-0.15, -0.1) is 0 Å². The van der Waals surface area contributed by atoms with Crippen LogP contribution in [0.5, 0.6) is 0 Å². The van der Waals surface area contributed by atoms with Crippen molar-refractivity contribution in [2.75, 3.05) is 11.4 Å². The summed E-state index contributed by atoms with van der Waals surface area (Å²) in [6, 6.07) is 11.3. The Morgan fingerprint density at radius 3 is 2.92 bits per heavy atom. The maximum absolute atomic E-state index is 12.5. The van der Waals surface area contributed by atoms with Gasteiger partial charge in [0.25, 0.3) is 0 Å². The number of nitrogens with zero attached hydrogens (tertiary/aromatic N) is 4. The van der Waals surface area contributed by atoms with Gasteiger partial charge in [-0.2, -0.15) is 0 Å². The standard InChI is InChI=1S/C19H19N5O2/c1-13-5-4-7-17-22-15(12-23(13)17)10-21-19(26)14-9-18(25)24(11-14)16-6-2-3-8-20-16/h2-8,12,14H,9-11H2,1H3,(H,21,26). The SMILES string of the molecule is Cc1cccc2nc(CNC(=O)C3CC(=O)N(c4ccccn4)C3)cn12. The summed E-state index contributed by atoms with van der Waals surface area (Å²) in [4.78, 5) is 35.0. The van der Waals surface area contributed by atoms with Crippen LogP contribution in [-0.4, -0.2) is 32.7 Å². The van der Waals surface area contributed by atoms with Crippen LogP contribution in [-0.2, 0) is 16.1 Å². The Labute approximate surface area is 150 Å². The Kier molecular flexibility index (Phi) is 4.12. The van der Waals surface area contributed by atoms with Gasteiger partial charge in [0.15, 0.2) is 0 Å². The molecular weight excluding hydrogens is 330 g/mol. The molecule has 1 N–H and O–H groups in total. The topological polar surface area (TPSA) is 79.6 Å². The van der Waals surface area contributed by atoms with E-state index < -0.39 is 0 Å². The molecule has 0 bridgehead atoms. The highest BCUT2D eigenvalue weighted by molar-refractivity contribution is 5.99. The molecule has 0 radical (unpaired) electrons. The summed E-state index contributed by atoms with van der Waals surface area (Å²) >= 11 is 0. The smallest absolute Gasteiger partial charge is 0.229 e. The summed E-state index contributed by atoms with van der Waals surface area (Å²) in [5.41, 5.74) is 2.73. The molecule has 1 unspecified atom stereocenters. The first-order chi connectivity index (χ1) is 12.6. The molecular formula is C19H19N5O2. The van der Waals surface area contributed by atoms with Gasteiger partial charge in [-0.1, -0.05) is 12.1 Å². The molecule has 26 heavy (non-hydrogen) atoms. The van der Waals surface area contributed by atoms with Crippen LogP contribution in [0.1, 0.15) is 17.8 Å². The molecule has 2 amide bonds. The van der Waals surface area contributed by atoms with Gasteiger partial charge in [0, 0.05) is 31.1 Å². The first kappa shape index (κ1) is 16.3. The molecule has 7 heteroatoms. The van der Waals surface area contributed by atoms with Crippen molar-refractivity contribution in [2.24, 2.45) is 5.92 Å². The largest absolute Gasteiger partial charge is 0.350 e. The minimum Gasteiger partial charge on any atom is -0.350 e. The zero-order valence-corrected chi connectivity index (χ0v) is 14.4. The molecule has 0 aromatic carbocycles. The summed E-state index contributed by atoms with van der Waals surface area (Å²) in [5.74, 6) is 0.00432. The minimum absolute atomic E-state index is 0.0767. The van der Waals surface area contributed by atoms with E-state index in [1.807, 2.05) is 41.8 Å². The highest BCUT2D eigenvalue weighted by Gasteiger charge is 2.35. The fraction of sp³-hybridized carbons (Fsp3) is 0.263. The Morgan fingerprint density at radius 2 is 2.15 bits per heavy atom. The van der Waals surface area contributed by atoms with E-state index in [0.29, 0.717) is 18.9 Å². The van der Waals surface area contributed by atoms with E-state index in [0.717, 1.165) is 17.0 Å². The molecule has 0 aliphatic carbocycles. The second-order valence-corrected chi connectivity index (χ2v) is 6.44. The highest BCUT2D eigenvalue weighted by Crippen LogP contribution is 2.23. The first-order valence-electron chi connectivity index (χ1n) is 8.54. The van der Waals surface area contributed by atoms with E-state index in [-0.39, 0.29) is 24.2 Å². The Bertz CT molecular complexity index is 966. The number of nitrogens with one attached hydrogen (secondary N) is 1. The monoisotopic (exact) mass is 349 g/mol. The van der Waals surface area contributed by atoms with Gasteiger partial charge in [0.05, 0.1) is 18.2 Å². The van der Waals surface area contributed by atoms with E-state index in [4.69, 9.17) is 0 Å². The van der Waals surface area contributed by atoms with Gasteiger partial charge in [0.1, 0.15) is 11.5 Å². The predicted octanol–water partition coefficient (Wildman–Crippen LogP) is 1.71. The zero-order valence-electron chi connectivity index (χ0n) is 14.4. The number of fused-ring (bicyclic) bond motifs is 1. The molecule has 0 spiro atoms. The van der Waals surface area contributed by atoms with Gasteiger partial charge < -0.3 is 9.72 Å². The molecule has 1 fully saturated rings. The van der Waals surface area contributed by atoms with E-state index in [2.05, 4.69) is 15.3 Å². The van der Waals surface area contributed by atoms with Gasteiger partial charge >= 0.3 is 0 Å². The molecule has 4 rings (SSSR count). The fourth-order valence-electron chi connectivity index (χ4n) is 3.22. The molecule has 3 aromatic rings. The van der Waals surface area contributed by atoms with Crippen molar-refractivity contribution >= 4 is 23.3 Å². The average Bonchev–Trinajstić information content (AvgIpc) is 3.25. The lowest BCUT2D eigenvalue weighted by molar-refractivity contribution is -0.126. The highest BCUT2D eigenvalue weighted by atomic mass is 16.2. The van der Waals surface area contributed by atoms with Crippen molar-refractivity contribution in [3.05, 3.63) is 60.2 Å². The quantitative estimate of drug-likeness (QED) is 0.778. The number of imidazole rings is 1. The van der Waals surface area contributed by atoms with Crippen molar-refractivity contribution in [1.29, 1.82) is 0 Å². The van der Waals surface area contributed by atoms with Gasteiger partial charge in [-0.05, 0) is 31.2 Å². The summed E-state index contributed by atoms with van der Waals surface area (Å²) < 4.78 is 1.99. The van der Waals surface area contributed by atoms with Crippen LogP contribution in [0.2, 0.25) is 0 Å². The molecule has 3 aromatic heterocycles. The third-order valence-electron chi connectivity index (χ3n) is 4.61. The Morgan fingerprint density at radius 1 is 1.27 bits per heavy atom. The number of rotatable bonds is 4. The number of amides is 2. The third-order valence-corrected chi connectivity index (χ3v) is 4.61. The molecule has 7 nitrogen and oxygen atoms in total. The predicted molar refractivity (Wildman–Crippen MR) is 96.5 cm³/mol. The van der Waals surface area contributed by atoms with E-state index >= 15 is 0 Å². The molecule has 1 aliphatic rings. The number of hydrogen-bond acceptors (Lipinski definition) is 4. The summed E-state index contributed by atoms with van der Waals surface area (Å²) in [7, 11) is 0. The number of carbonyl (C=O) groups is 2. The van der Waals surface area contributed by atoms with Crippen molar-refractivity contribution in [1.82, 2.24) is 19.7 Å². The van der Waals surface area contributed by atoms with Crippen LogP contribution in [0, 0.1) is 12.8 Å². The Hall–Kier alpha value is -3.22. The fourth-order valence-corrected chi connectivity index (χ4v) is 3.22. The van der Waals surface area contributed by atoms with Gasteiger partial charge in [-0.25, -0.2) is 9.97 Å². The normalized spacial score (nSPS) is 17.0. The van der Waals surface area contributed by atoms with Crippen LogP contribution in [0.25, 0.3) is 5.65 Å². The summed E-state index contributed by atoms with van der Waals surface area (Å²) in [5, 5.41) is 2.90. The van der Waals surface area contributed by atoms with Crippen LogP contribution >= 0.6 is 0 Å². The third kappa shape index (κ3) is 3.03. The summed E-state index contributed by atoms with van der Waals surface area (Å²) in [6.07, 6.45) is 3.76. The van der Waals surface area contributed by atoms with Crippen molar-refractivity contribution in [3.8, 4) is 0 Å². The average molecular weight is 349 g/mol. The van der Waals surface area contributed by atoms with Crippen LogP contribution < -0.4 is 10.2 Å². The first-order valence-corrected chi connectivity index (χ1v) is 8.54. The molecule has 1 atom stereocenters. The van der Waals surface area contributed by atoms with Crippen molar-refractivity contribution < 1.29 is 9.59 Å². The van der Waals surface area contributed by atoms with Crippen LogP contribution in [0.4, 0.5) is 5.82 Å². The van der Waals surface area contributed by atoms with E-state index in [9.17, 15) is 9.59 Å². The van der Waals surface area contributed by atoms with E-state index in [1.165, 1.54) is 0 Å². The number of anilines is 1. The molecule has 1 saturated heterocycles. The second-order valence-electron chi connectivity index (χ2n) is 6.44. The zero-order chi connectivity index (χ0) is 18.1. The second kappa shape index (κ2) is 6.59. The molecule has 0 saturated carbocycles.